The number of benzene rings is 2. The fraction of sp³-hybridized carbons (Fsp3) is 0.222. The molecule has 1 aliphatic rings. The van der Waals surface area contributed by atoms with Gasteiger partial charge in [0.05, 0.1) is 5.69 Å². The lowest BCUT2D eigenvalue weighted by Crippen LogP contribution is -2.25. The Morgan fingerprint density at radius 1 is 1.22 bits per heavy atom. The van der Waals surface area contributed by atoms with E-state index in [1.165, 1.54) is 5.56 Å². The van der Waals surface area contributed by atoms with Gasteiger partial charge < -0.3 is 15.4 Å². The Labute approximate surface area is 134 Å². The van der Waals surface area contributed by atoms with Gasteiger partial charge in [-0.2, -0.15) is 0 Å². The van der Waals surface area contributed by atoms with Crippen LogP contribution in [-0.2, 0) is 16.0 Å². The normalized spacial score (nSPS) is 12.8. The van der Waals surface area contributed by atoms with Gasteiger partial charge in [-0.05, 0) is 31.0 Å². The minimum Gasteiger partial charge on any atom is -0.482 e. The first-order valence-corrected chi connectivity index (χ1v) is 7.52. The van der Waals surface area contributed by atoms with Crippen LogP contribution in [0.5, 0.6) is 5.75 Å². The summed E-state index contributed by atoms with van der Waals surface area (Å²) >= 11 is 0. The van der Waals surface area contributed by atoms with Gasteiger partial charge in [0.2, 0.25) is 5.91 Å². The van der Waals surface area contributed by atoms with E-state index < -0.39 is 0 Å². The van der Waals surface area contributed by atoms with Crippen LogP contribution in [0.25, 0.3) is 0 Å². The second kappa shape index (κ2) is 6.52. The van der Waals surface area contributed by atoms with Crippen LogP contribution in [0.2, 0.25) is 0 Å². The number of amides is 2. The molecule has 5 nitrogen and oxygen atoms in total. The van der Waals surface area contributed by atoms with Crippen LogP contribution in [0.3, 0.4) is 0 Å². The standard InChI is InChI=1S/C18H18N2O3/c1-12-2-4-13(5-3-12)6-9-17(21)19-14-7-8-15-16(10-14)23-11-18(22)20-15/h2-5,7-8,10H,6,9,11H2,1H3,(H,19,21)(H,20,22). The van der Waals surface area contributed by atoms with E-state index in [4.69, 9.17) is 4.74 Å². The SMILES string of the molecule is Cc1ccc(CCC(=O)Nc2ccc3c(c2)OCC(=O)N3)cc1. The Morgan fingerprint density at radius 3 is 2.78 bits per heavy atom. The lowest BCUT2D eigenvalue weighted by molar-refractivity contribution is -0.118. The van der Waals surface area contributed by atoms with Crippen molar-refractivity contribution >= 4 is 23.2 Å². The number of anilines is 2. The van der Waals surface area contributed by atoms with Gasteiger partial charge in [0.25, 0.3) is 5.91 Å². The Bertz CT molecular complexity index is 738. The average Bonchev–Trinajstić information content (AvgIpc) is 2.54. The van der Waals surface area contributed by atoms with E-state index in [2.05, 4.69) is 10.6 Å². The molecule has 0 saturated heterocycles. The summed E-state index contributed by atoms with van der Waals surface area (Å²) in [5.41, 5.74) is 3.63. The third-order valence-electron chi connectivity index (χ3n) is 3.66. The molecule has 118 valence electrons. The van der Waals surface area contributed by atoms with Crippen LogP contribution in [0.4, 0.5) is 11.4 Å². The predicted octanol–water partition coefficient (Wildman–Crippen LogP) is 2.90. The van der Waals surface area contributed by atoms with E-state index in [0.717, 1.165) is 5.56 Å². The van der Waals surface area contributed by atoms with Gasteiger partial charge in [-0.3, -0.25) is 9.59 Å². The summed E-state index contributed by atoms with van der Waals surface area (Å²) in [4.78, 5) is 23.3. The van der Waals surface area contributed by atoms with Crippen LogP contribution < -0.4 is 15.4 Å². The van der Waals surface area contributed by atoms with E-state index >= 15 is 0 Å². The van der Waals surface area contributed by atoms with E-state index in [1.54, 1.807) is 18.2 Å². The summed E-state index contributed by atoms with van der Waals surface area (Å²) in [5.74, 6) is 0.346. The molecule has 0 aromatic heterocycles. The molecule has 0 unspecified atom stereocenters. The highest BCUT2D eigenvalue weighted by Gasteiger charge is 2.16. The predicted molar refractivity (Wildman–Crippen MR) is 88.7 cm³/mol. The molecule has 0 atom stereocenters. The number of aryl methyl sites for hydroxylation is 2. The number of hydrogen-bond donors (Lipinski definition) is 2. The highest BCUT2D eigenvalue weighted by atomic mass is 16.5. The minimum absolute atomic E-state index is 0.00216. The van der Waals surface area contributed by atoms with Gasteiger partial charge in [-0.1, -0.05) is 29.8 Å². The fourth-order valence-corrected chi connectivity index (χ4v) is 2.39. The third-order valence-corrected chi connectivity index (χ3v) is 3.66. The summed E-state index contributed by atoms with van der Waals surface area (Å²) in [7, 11) is 0. The summed E-state index contributed by atoms with van der Waals surface area (Å²) in [6.07, 6.45) is 1.11. The second-order valence-electron chi connectivity index (χ2n) is 5.58. The van der Waals surface area contributed by atoms with Crippen molar-refractivity contribution in [2.24, 2.45) is 0 Å². The molecule has 0 bridgehead atoms. The topological polar surface area (TPSA) is 67.4 Å². The van der Waals surface area contributed by atoms with Gasteiger partial charge in [-0.15, -0.1) is 0 Å². The molecule has 0 aliphatic carbocycles. The molecule has 5 heteroatoms. The number of carbonyl (C=O) groups excluding carboxylic acids is 2. The van der Waals surface area contributed by atoms with Crippen molar-refractivity contribution in [3.8, 4) is 5.75 Å². The zero-order valence-electron chi connectivity index (χ0n) is 12.9. The summed E-state index contributed by atoms with van der Waals surface area (Å²) in [5, 5.41) is 5.57. The molecule has 2 aromatic carbocycles. The van der Waals surface area contributed by atoms with Crippen molar-refractivity contribution in [2.75, 3.05) is 17.2 Å². The molecule has 23 heavy (non-hydrogen) atoms. The van der Waals surface area contributed by atoms with Crippen LogP contribution >= 0.6 is 0 Å². The van der Waals surface area contributed by atoms with Gasteiger partial charge in [-0.25, -0.2) is 0 Å². The Kier molecular flexibility index (Phi) is 4.28. The number of hydrogen-bond acceptors (Lipinski definition) is 3. The first kappa shape index (κ1) is 15.1. The van der Waals surface area contributed by atoms with Gasteiger partial charge in [0.1, 0.15) is 5.75 Å². The summed E-state index contributed by atoms with van der Waals surface area (Å²) in [6.45, 7) is 2.04. The summed E-state index contributed by atoms with van der Waals surface area (Å²) < 4.78 is 5.34. The van der Waals surface area contributed by atoms with Crippen molar-refractivity contribution in [1.82, 2.24) is 0 Å². The molecule has 0 fully saturated rings. The molecular weight excluding hydrogens is 292 g/mol. The van der Waals surface area contributed by atoms with Gasteiger partial charge in [0.15, 0.2) is 6.61 Å². The lowest BCUT2D eigenvalue weighted by atomic mass is 10.1. The third kappa shape index (κ3) is 3.88. The van der Waals surface area contributed by atoms with Crippen molar-refractivity contribution in [2.45, 2.75) is 19.8 Å². The van der Waals surface area contributed by atoms with Crippen molar-refractivity contribution in [3.05, 3.63) is 53.6 Å². The first-order valence-electron chi connectivity index (χ1n) is 7.52. The van der Waals surface area contributed by atoms with Crippen molar-refractivity contribution < 1.29 is 14.3 Å². The molecule has 2 amide bonds. The number of nitrogens with one attached hydrogen (secondary N) is 2. The molecule has 1 heterocycles. The lowest BCUT2D eigenvalue weighted by Gasteiger charge is -2.18. The zero-order valence-corrected chi connectivity index (χ0v) is 12.9. The Hall–Kier alpha value is -2.82. The van der Waals surface area contributed by atoms with Gasteiger partial charge >= 0.3 is 0 Å². The van der Waals surface area contributed by atoms with Crippen molar-refractivity contribution in [1.29, 1.82) is 0 Å². The molecule has 0 radical (unpaired) electrons. The maximum atomic E-state index is 12.1. The number of fused-ring (bicyclic) bond motifs is 1. The molecule has 0 spiro atoms. The minimum atomic E-state index is -0.174. The maximum Gasteiger partial charge on any atom is 0.262 e. The zero-order chi connectivity index (χ0) is 16.2. The quantitative estimate of drug-likeness (QED) is 0.912. The van der Waals surface area contributed by atoms with Gasteiger partial charge in [0, 0.05) is 18.2 Å². The average molecular weight is 310 g/mol. The number of carbonyl (C=O) groups is 2. The van der Waals surface area contributed by atoms with E-state index in [9.17, 15) is 9.59 Å². The molecule has 0 saturated carbocycles. The Balaban J connectivity index is 1.57. The molecule has 1 aliphatic heterocycles. The largest absolute Gasteiger partial charge is 0.482 e. The monoisotopic (exact) mass is 310 g/mol. The summed E-state index contributed by atoms with van der Waals surface area (Å²) in [6, 6.07) is 13.4. The number of rotatable bonds is 4. The molecule has 2 N–H and O–H groups in total. The van der Waals surface area contributed by atoms with E-state index in [0.29, 0.717) is 30.0 Å². The van der Waals surface area contributed by atoms with Crippen LogP contribution in [0.1, 0.15) is 17.5 Å². The van der Waals surface area contributed by atoms with Crippen LogP contribution in [0.15, 0.2) is 42.5 Å². The smallest absolute Gasteiger partial charge is 0.262 e. The Morgan fingerprint density at radius 2 is 2.00 bits per heavy atom. The molecule has 2 aromatic rings. The highest BCUT2D eigenvalue weighted by Crippen LogP contribution is 2.30. The fourth-order valence-electron chi connectivity index (χ4n) is 2.39. The van der Waals surface area contributed by atoms with Crippen LogP contribution in [0, 0.1) is 6.92 Å². The first-order chi connectivity index (χ1) is 11.1. The number of ether oxygens (including phenoxy) is 1. The molecule has 3 rings (SSSR count). The van der Waals surface area contributed by atoms with Crippen LogP contribution in [-0.4, -0.2) is 18.4 Å². The molecular formula is C18H18N2O3. The maximum absolute atomic E-state index is 12.1. The van der Waals surface area contributed by atoms with Crippen molar-refractivity contribution in [3.63, 3.8) is 0 Å². The highest BCUT2D eigenvalue weighted by molar-refractivity contribution is 5.97. The second-order valence-corrected chi connectivity index (χ2v) is 5.58. The van der Waals surface area contributed by atoms with E-state index in [-0.39, 0.29) is 18.4 Å². The van der Waals surface area contributed by atoms with E-state index in [1.807, 2.05) is 31.2 Å².